The summed E-state index contributed by atoms with van der Waals surface area (Å²) in [5.41, 5.74) is -1.81. The molecule has 2 fully saturated rings. The number of carbonyl (C=O) groups is 2. The largest absolute Gasteiger partial charge is 0.447 e. The van der Waals surface area contributed by atoms with Crippen molar-refractivity contribution in [1.82, 2.24) is 10.3 Å². The molecule has 35 heavy (non-hydrogen) atoms. The molecule has 1 aromatic heterocycles. The van der Waals surface area contributed by atoms with Gasteiger partial charge >= 0.3 is 6.09 Å². The maximum atomic E-state index is 12.9. The van der Waals surface area contributed by atoms with Crippen LogP contribution in [-0.2, 0) is 4.74 Å². The molecule has 2 atom stereocenters. The third-order valence-electron chi connectivity index (χ3n) is 5.89. The van der Waals surface area contributed by atoms with Crippen LogP contribution in [0.4, 0.5) is 22.1 Å². The quantitative estimate of drug-likeness (QED) is 0.427. The van der Waals surface area contributed by atoms with E-state index in [1.807, 2.05) is 13.8 Å². The molecule has 0 spiro atoms. The zero-order valence-electron chi connectivity index (χ0n) is 19.0. The third kappa shape index (κ3) is 5.21. The Bertz CT molecular complexity index is 1150. The molecular formula is C21H23N5O8S. The lowest BCUT2D eigenvalue weighted by atomic mass is 9.94. The van der Waals surface area contributed by atoms with Crippen LogP contribution in [0.25, 0.3) is 0 Å². The minimum absolute atomic E-state index is 0.119. The highest BCUT2D eigenvalue weighted by molar-refractivity contribution is 7.99. The SMILES string of the molecule is CC1(C)COC(=O)N1c1cnc(SC2CCCCC2NC(=O)c2cc([N+](=O)[O-])cc([N+](=O)[O-])c2)o1. The molecule has 1 saturated carbocycles. The average molecular weight is 506 g/mol. The van der Waals surface area contributed by atoms with Gasteiger partial charge in [-0.2, -0.15) is 0 Å². The molecule has 1 aliphatic carbocycles. The van der Waals surface area contributed by atoms with E-state index in [0.717, 1.165) is 37.5 Å². The lowest BCUT2D eigenvalue weighted by Crippen LogP contribution is -2.43. The van der Waals surface area contributed by atoms with Crippen LogP contribution < -0.4 is 10.2 Å². The number of non-ortho nitro benzene ring substituents is 2. The summed E-state index contributed by atoms with van der Waals surface area (Å²) in [5, 5.41) is 25.4. The topological polar surface area (TPSA) is 171 Å². The van der Waals surface area contributed by atoms with Gasteiger partial charge in [-0.1, -0.05) is 24.6 Å². The van der Waals surface area contributed by atoms with Gasteiger partial charge in [-0.3, -0.25) is 25.0 Å². The third-order valence-corrected chi connectivity index (χ3v) is 7.14. The van der Waals surface area contributed by atoms with E-state index in [1.165, 1.54) is 22.9 Å². The van der Waals surface area contributed by atoms with Crippen molar-refractivity contribution in [2.45, 2.75) is 61.6 Å². The van der Waals surface area contributed by atoms with Crippen molar-refractivity contribution >= 4 is 41.0 Å². The predicted octanol–water partition coefficient (Wildman–Crippen LogP) is 4.06. The molecule has 2 heterocycles. The second-order valence-electron chi connectivity index (χ2n) is 8.94. The number of nitrogens with one attached hydrogen (secondary N) is 1. The number of ether oxygens (including phenoxy) is 1. The predicted molar refractivity (Wildman–Crippen MR) is 124 cm³/mol. The normalized spacial score (nSPS) is 21.4. The second kappa shape index (κ2) is 9.52. The summed E-state index contributed by atoms with van der Waals surface area (Å²) in [7, 11) is 0. The number of nitrogens with zero attached hydrogens (tertiary/aromatic N) is 4. The van der Waals surface area contributed by atoms with Gasteiger partial charge in [0.25, 0.3) is 22.5 Å². The number of thioether (sulfide) groups is 1. The second-order valence-corrected chi connectivity index (χ2v) is 10.1. The van der Waals surface area contributed by atoms with Crippen molar-refractivity contribution in [1.29, 1.82) is 0 Å². The number of rotatable bonds is 7. The molecule has 4 rings (SSSR count). The van der Waals surface area contributed by atoms with Gasteiger partial charge in [-0.15, -0.1) is 0 Å². The fraction of sp³-hybridized carbons (Fsp3) is 0.476. The molecule has 2 unspecified atom stereocenters. The Morgan fingerprint density at radius 2 is 1.83 bits per heavy atom. The monoisotopic (exact) mass is 505 g/mol. The Kier molecular flexibility index (Phi) is 6.65. The van der Waals surface area contributed by atoms with Crippen LogP contribution in [0.5, 0.6) is 0 Å². The van der Waals surface area contributed by atoms with E-state index in [0.29, 0.717) is 11.6 Å². The van der Waals surface area contributed by atoms with Crippen LogP contribution >= 0.6 is 11.8 Å². The number of anilines is 1. The first-order valence-electron chi connectivity index (χ1n) is 10.9. The maximum absolute atomic E-state index is 12.9. The van der Waals surface area contributed by atoms with Gasteiger partial charge in [-0.25, -0.2) is 14.7 Å². The fourth-order valence-electron chi connectivity index (χ4n) is 4.13. The number of nitro benzene ring substituents is 2. The van der Waals surface area contributed by atoms with Crippen molar-refractivity contribution in [3.63, 3.8) is 0 Å². The molecule has 2 aliphatic rings. The summed E-state index contributed by atoms with van der Waals surface area (Å²) < 4.78 is 10.9. The Balaban J connectivity index is 1.49. The summed E-state index contributed by atoms with van der Waals surface area (Å²) in [6.07, 6.45) is 4.12. The first-order valence-corrected chi connectivity index (χ1v) is 11.8. The Morgan fingerprint density at radius 3 is 2.43 bits per heavy atom. The smallest absolute Gasteiger partial charge is 0.417 e. The zero-order chi connectivity index (χ0) is 25.3. The Morgan fingerprint density at radius 1 is 1.17 bits per heavy atom. The lowest BCUT2D eigenvalue weighted by molar-refractivity contribution is -0.394. The number of carbonyl (C=O) groups excluding carboxylic acids is 2. The first-order chi connectivity index (χ1) is 16.5. The maximum Gasteiger partial charge on any atom is 0.417 e. The average Bonchev–Trinajstić information content (AvgIpc) is 3.36. The van der Waals surface area contributed by atoms with E-state index >= 15 is 0 Å². The minimum atomic E-state index is -0.777. The number of benzene rings is 1. The lowest BCUT2D eigenvalue weighted by Gasteiger charge is -2.30. The number of aromatic nitrogens is 1. The van der Waals surface area contributed by atoms with Crippen molar-refractivity contribution in [2.24, 2.45) is 0 Å². The van der Waals surface area contributed by atoms with E-state index in [2.05, 4.69) is 10.3 Å². The molecule has 0 bridgehead atoms. The summed E-state index contributed by atoms with van der Waals surface area (Å²) in [6, 6.07) is 2.53. The molecule has 186 valence electrons. The molecule has 2 amide bonds. The van der Waals surface area contributed by atoms with Gasteiger partial charge in [0, 0.05) is 23.4 Å². The summed E-state index contributed by atoms with van der Waals surface area (Å²) in [5.74, 6) is -0.371. The number of hydrogen-bond acceptors (Lipinski definition) is 10. The highest BCUT2D eigenvalue weighted by Crippen LogP contribution is 2.37. The molecular weight excluding hydrogens is 482 g/mol. The van der Waals surface area contributed by atoms with Crippen LogP contribution in [0, 0.1) is 20.2 Å². The molecule has 14 heteroatoms. The van der Waals surface area contributed by atoms with Crippen LogP contribution in [0.1, 0.15) is 49.9 Å². The summed E-state index contributed by atoms with van der Waals surface area (Å²) >= 11 is 1.32. The van der Waals surface area contributed by atoms with Gasteiger partial charge in [0.15, 0.2) is 0 Å². The van der Waals surface area contributed by atoms with Gasteiger partial charge in [0.2, 0.25) is 5.88 Å². The zero-order valence-corrected chi connectivity index (χ0v) is 19.8. The van der Waals surface area contributed by atoms with Gasteiger partial charge in [0.1, 0.15) is 6.61 Å². The van der Waals surface area contributed by atoms with Crippen LogP contribution in [0.15, 0.2) is 34.0 Å². The van der Waals surface area contributed by atoms with E-state index in [1.54, 1.807) is 0 Å². The molecule has 2 aromatic rings. The molecule has 1 aliphatic heterocycles. The van der Waals surface area contributed by atoms with Crippen molar-refractivity contribution < 1.29 is 28.6 Å². The summed E-state index contributed by atoms with van der Waals surface area (Å²) in [6.45, 7) is 3.91. The number of oxazole rings is 1. The van der Waals surface area contributed by atoms with E-state index in [9.17, 15) is 29.8 Å². The molecule has 13 nitrogen and oxygen atoms in total. The summed E-state index contributed by atoms with van der Waals surface area (Å²) in [4.78, 5) is 51.4. The van der Waals surface area contributed by atoms with Crippen molar-refractivity contribution in [2.75, 3.05) is 11.5 Å². The van der Waals surface area contributed by atoms with Crippen molar-refractivity contribution in [3.05, 3.63) is 50.2 Å². The number of cyclic esters (lactones) is 1. The van der Waals surface area contributed by atoms with Crippen LogP contribution in [0.2, 0.25) is 0 Å². The number of amides is 2. The fourth-order valence-corrected chi connectivity index (χ4v) is 5.29. The van der Waals surface area contributed by atoms with Crippen LogP contribution in [-0.4, -0.2) is 50.3 Å². The van der Waals surface area contributed by atoms with Crippen molar-refractivity contribution in [3.8, 4) is 0 Å². The van der Waals surface area contributed by atoms with E-state index in [-0.39, 0.29) is 29.3 Å². The standard InChI is InChI=1S/C21H23N5O8S/c1-21(2)11-33-20(28)24(21)17-10-22-19(34-17)35-16-6-4-3-5-15(16)23-18(27)12-7-13(25(29)30)9-14(8-12)26(31)32/h7-10,15-16H,3-6,11H2,1-2H3,(H,23,27). The van der Waals surface area contributed by atoms with Gasteiger partial charge < -0.3 is 14.5 Å². The van der Waals surface area contributed by atoms with Gasteiger partial charge in [0.05, 0.1) is 33.2 Å². The highest BCUT2D eigenvalue weighted by atomic mass is 32.2. The molecule has 1 saturated heterocycles. The molecule has 1 N–H and O–H groups in total. The Hall–Kier alpha value is -3.68. The van der Waals surface area contributed by atoms with E-state index in [4.69, 9.17) is 9.15 Å². The number of nitro groups is 2. The molecule has 1 aromatic carbocycles. The van der Waals surface area contributed by atoms with Gasteiger partial charge in [-0.05, 0) is 26.7 Å². The highest BCUT2D eigenvalue weighted by Gasteiger charge is 2.43. The first kappa shape index (κ1) is 24.4. The van der Waals surface area contributed by atoms with E-state index < -0.39 is 38.8 Å². The Labute approximate surface area is 203 Å². The number of hydrogen-bond donors (Lipinski definition) is 1. The molecule has 0 radical (unpaired) electrons. The minimum Gasteiger partial charge on any atom is -0.447 e. The van der Waals surface area contributed by atoms with Crippen LogP contribution in [0.3, 0.4) is 0 Å².